The number of fused-ring (bicyclic) bond motifs is 4. The Hall–Kier alpha value is -4.44. The van der Waals surface area contributed by atoms with Gasteiger partial charge >= 0.3 is 5.69 Å². The lowest BCUT2D eigenvalue weighted by atomic mass is 10.0. The van der Waals surface area contributed by atoms with Crippen molar-refractivity contribution in [2.45, 2.75) is 19.6 Å². The maximum absolute atomic E-state index is 13.6. The predicted molar refractivity (Wildman–Crippen MR) is 140 cm³/mol. The average molecular weight is 500 g/mol. The number of aryl methyl sites for hydroxylation is 3. The van der Waals surface area contributed by atoms with Crippen LogP contribution >= 0.6 is 0 Å². The first-order chi connectivity index (χ1) is 17.7. The van der Waals surface area contributed by atoms with Crippen LogP contribution < -0.4 is 11.2 Å². The number of para-hydroxylation sites is 1. The summed E-state index contributed by atoms with van der Waals surface area (Å²) >= 11 is 0. The number of aromatic nitrogens is 4. The molecule has 1 aliphatic heterocycles. The first-order valence-electron chi connectivity index (χ1n) is 11.9. The van der Waals surface area contributed by atoms with E-state index in [0.717, 1.165) is 21.0 Å². The van der Waals surface area contributed by atoms with E-state index < -0.39 is 22.3 Å². The fraction of sp³-hybridized carbons (Fsp3) is 0.259. The van der Waals surface area contributed by atoms with Gasteiger partial charge in [0.25, 0.3) is 11.2 Å². The van der Waals surface area contributed by atoms with Crippen LogP contribution in [0.15, 0.2) is 58.3 Å². The van der Waals surface area contributed by atoms with Gasteiger partial charge in [0.1, 0.15) is 6.10 Å². The van der Waals surface area contributed by atoms with Crippen molar-refractivity contribution in [2.75, 3.05) is 6.61 Å². The molecule has 0 aliphatic carbocycles. The highest BCUT2D eigenvalue weighted by molar-refractivity contribution is 5.97. The minimum absolute atomic E-state index is 0.0273. The van der Waals surface area contributed by atoms with Crippen LogP contribution in [-0.2, 0) is 32.4 Å². The standard InChI is InChI=1S/C27H25N5O5/c1-15-9-10-16(13-20(15)32(35)36)22-21-23(29(3)27(34)30(4)26(21)33)24-25(37-12-11-31(22)24)18-14-28(2)19-8-6-5-7-17(18)19/h5-10,13-14,25H,11-12H2,1-4H3/t25-/m1/s1. The number of nitro groups is 1. The van der Waals surface area contributed by atoms with Gasteiger partial charge in [-0.15, -0.1) is 0 Å². The highest BCUT2D eigenvalue weighted by Gasteiger charge is 2.34. The molecule has 0 unspecified atom stereocenters. The van der Waals surface area contributed by atoms with Crippen LogP contribution in [0.3, 0.4) is 0 Å². The lowest BCUT2D eigenvalue weighted by Crippen LogP contribution is -2.37. The van der Waals surface area contributed by atoms with Crippen LogP contribution in [0, 0.1) is 17.0 Å². The molecule has 0 N–H and O–H groups in total. The third-order valence-corrected chi connectivity index (χ3v) is 7.44. The number of nitro benzene ring substituents is 1. The van der Waals surface area contributed by atoms with Crippen molar-refractivity contribution >= 4 is 27.5 Å². The molecule has 6 rings (SSSR count). The van der Waals surface area contributed by atoms with E-state index in [2.05, 4.69) is 0 Å². The smallest absolute Gasteiger partial charge is 0.331 e. The number of hydrogen-bond donors (Lipinski definition) is 0. The van der Waals surface area contributed by atoms with Gasteiger partial charge in [-0.1, -0.05) is 30.3 Å². The Morgan fingerprint density at radius 2 is 1.81 bits per heavy atom. The van der Waals surface area contributed by atoms with E-state index in [1.165, 1.54) is 17.7 Å². The second-order valence-electron chi connectivity index (χ2n) is 9.54. The Bertz CT molecular complexity index is 1890. The molecule has 37 heavy (non-hydrogen) atoms. The molecule has 0 saturated heterocycles. The van der Waals surface area contributed by atoms with E-state index in [-0.39, 0.29) is 5.69 Å². The quantitative estimate of drug-likeness (QED) is 0.279. The molecule has 10 heteroatoms. The van der Waals surface area contributed by atoms with Crippen molar-refractivity contribution < 1.29 is 9.66 Å². The topological polar surface area (TPSA) is 106 Å². The Balaban J connectivity index is 1.76. The fourth-order valence-corrected chi connectivity index (χ4v) is 5.65. The summed E-state index contributed by atoms with van der Waals surface area (Å²) in [7, 11) is 5.05. The fourth-order valence-electron chi connectivity index (χ4n) is 5.65. The summed E-state index contributed by atoms with van der Waals surface area (Å²) in [5.41, 5.74) is 3.82. The lowest BCUT2D eigenvalue weighted by molar-refractivity contribution is -0.385. The van der Waals surface area contributed by atoms with E-state index in [4.69, 9.17) is 4.74 Å². The summed E-state index contributed by atoms with van der Waals surface area (Å²) in [6.07, 6.45) is 1.47. The summed E-state index contributed by atoms with van der Waals surface area (Å²) in [5.74, 6) is 0. The normalized spacial score (nSPS) is 15.4. The van der Waals surface area contributed by atoms with Crippen molar-refractivity contribution in [1.29, 1.82) is 0 Å². The van der Waals surface area contributed by atoms with Gasteiger partial charge in [0.2, 0.25) is 0 Å². The molecular weight excluding hydrogens is 474 g/mol. The van der Waals surface area contributed by atoms with Crippen LogP contribution in [0.2, 0.25) is 0 Å². The second kappa shape index (κ2) is 8.04. The average Bonchev–Trinajstić information content (AvgIpc) is 3.42. The van der Waals surface area contributed by atoms with Crippen molar-refractivity contribution in [2.24, 2.45) is 21.1 Å². The summed E-state index contributed by atoms with van der Waals surface area (Å²) in [5, 5.41) is 13.1. The highest BCUT2D eigenvalue weighted by atomic mass is 16.6. The van der Waals surface area contributed by atoms with Crippen molar-refractivity contribution in [3.63, 3.8) is 0 Å². The van der Waals surface area contributed by atoms with Crippen molar-refractivity contribution in [3.8, 4) is 11.3 Å². The molecule has 10 nitrogen and oxygen atoms in total. The van der Waals surface area contributed by atoms with Gasteiger partial charge in [0.15, 0.2) is 0 Å². The summed E-state index contributed by atoms with van der Waals surface area (Å²) in [6.45, 7) is 2.48. The van der Waals surface area contributed by atoms with E-state index in [9.17, 15) is 19.7 Å². The Labute approximate surface area is 210 Å². The maximum atomic E-state index is 13.6. The Morgan fingerprint density at radius 1 is 1.05 bits per heavy atom. The molecular formula is C27H25N5O5. The number of rotatable bonds is 3. The molecule has 0 spiro atoms. The second-order valence-corrected chi connectivity index (χ2v) is 9.54. The van der Waals surface area contributed by atoms with Gasteiger partial charge in [0, 0.05) is 67.5 Å². The van der Waals surface area contributed by atoms with E-state index in [1.807, 2.05) is 46.6 Å². The zero-order chi connectivity index (χ0) is 26.2. The zero-order valence-corrected chi connectivity index (χ0v) is 20.9. The molecule has 0 bridgehead atoms. The van der Waals surface area contributed by atoms with E-state index in [0.29, 0.717) is 46.6 Å². The molecule has 1 aliphatic rings. The summed E-state index contributed by atoms with van der Waals surface area (Å²) < 4.78 is 12.9. The van der Waals surface area contributed by atoms with Crippen LogP contribution in [0.25, 0.3) is 33.1 Å². The first kappa shape index (κ1) is 23.0. The van der Waals surface area contributed by atoms with Crippen molar-refractivity contribution in [1.82, 2.24) is 18.3 Å². The number of hydrogen-bond acceptors (Lipinski definition) is 5. The Kier molecular flexibility index (Phi) is 4.99. The molecule has 188 valence electrons. The number of benzene rings is 2. The summed E-state index contributed by atoms with van der Waals surface area (Å²) in [4.78, 5) is 38.0. The third kappa shape index (κ3) is 3.15. The maximum Gasteiger partial charge on any atom is 0.331 e. The van der Waals surface area contributed by atoms with Gasteiger partial charge in [-0.25, -0.2) is 4.79 Å². The van der Waals surface area contributed by atoms with Gasteiger partial charge in [-0.2, -0.15) is 0 Å². The van der Waals surface area contributed by atoms with E-state index >= 15 is 0 Å². The predicted octanol–water partition coefficient (Wildman–Crippen LogP) is 3.53. The molecule has 3 aromatic heterocycles. The lowest BCUT2D eigenvalue weighted by Gasteiger charge is -2.27. The monoisotopic (exact) mass is 499 g/mol. The molecule has 2 aromatic carbocycles. The molecule has 5 aromatic rings. The largest absolute Gasteiger partial charge is 0.365 e. The molecule has 4 heterocycles. The van der Waals surface area contributed by atoms with Gasteiger partial charge in [-0.05, 0) is 13.0 Å². The molecule has 0 amide bonds. The molecule has 1 atom stereocenters. The third-order valence-electron chi connectivity index (χ3n) is 7.44. The van der Waals surface area contributed by atoms with Gasteiger partial charge in [0.05, 0.1) is 33.8 Å². The highest BCUT2D eigenvalue weighted by Crippen LogP contribution is 2.43. The van der Waals surface area contributed by atoms with E-state index in [1.54, 1.807) is 26.1 Å². The molecule has 0 saturated carbocycles. The number of ether oxygens (including phenoxy) is 1. The van der Waals surface area contributed by atoms with Crippen LogP contribution in [0.1, 0.15) is 22.9 Å². The van der Waals surface area contributed by atoms with Crippen LogP contribution in [0.4, 0.5) is 5.69 Å². The van der Waals surface area contributed by atoms with Crippen LogP contribution in [0.5, 0.6) is 0 Å². The summed E-state index contributed by atoms with van der Waals surface area (Å²) in [6, 6.07) is 13.0. The van der Waals surface area contributed by atoms with Gasteiger partial charge < -0.3 is 13.9 Å². The molecule has 0 radical (unpaired) electrons. The van der Waals surface area contributed by atoms with Gasteiger partial charge in [-0.3, -0.25) is 24.0 Å². The zero-order valence-electron chi connectivity index (χ0n) is 20.9. The number of nitrogens with zero attached hydrogens (tertiary/aromatic N) is 5. The van der Waals surface area contributed by atoms with Crippen LogP contribution in [-0.4, -0.2) is 29.8 Å². The SMILES string of the molecule is Cc1ccc(-c2c3c(=O)n(C)c(=O)n(C)c3c3n2CCO[C@@H]3c2cn(C)c3ccccc23)cc1[N+](=O)[O-]. The van der Waals surface area contributed by atoms with Crippen molar-refractivity contribution in [3.05, 3.63) is 96.4 Å². The minimum Gasteiger partial charge on any atom is -0.365 e. The molecule has 0 fully saturated rings. The minimum atomic E-state index is -0.547. The Morgan fingerprint density at radius 3 is 2.57 bits per heavy atom. The first-order valence-corrected chi connectivity index (χ1v) is 11.9.